The number of fused-ring (bicyclic) bond motifs is 2. The third-order valence-corrected chi connectivity index (χ3v) is 5.01. The Morgan fingerprint density at radius 1 is 1.21 bits per heavy atom. The minimum Gasteiger partial charge on any atom is -0.486 e. The molecule has 1 aromatic heterocycles. The van der Waals surface area contributed by atoms with Crippen LogP contribution in [-0.4, -0.2) is 36.8 Å². The average molecular weight is 433 g/mol. The van der Waals surface area contributed by atoms with Gasteiger partial charge in [-0.1, -0.05) is 35.3 Å². The quantitative estimate of drug-likeness (QED) is 0.654. The van der Waals surface area contributed by atoms with E-state index < -0.39 is 0 Å². The summed E-state index contributed by atoms with van der Waals surface area (Å²) >= 11 is 12.5. The summed E-state index contributed by atoms with van der Waals surface area (Å²) in [5.41, 5.74) is 1.32. The van der Waals surface area contributed by atoms with Gasteiger partial charge in [-0.3, -0.25) is 4.79 Å². The molecule has 150 valence electrons. The number of ether oxygens (including phenoxy) is 3. The molecule has 0 saturated heterocycles. The van der Waals surface area contributed by atoms with E-state index in [0.717, 1.165) is 5.69 Å². The molecule has 1 atom stereocenters. The SMILES string of the molecule is Cc1ccc2c(Cl)cc(Cl)c(OCC(=O)NC[C@@H]3COc4ccccc4O3)c2n1. The molecule has 0 saturated carbocycles. The highest BCUT2D eigenvalue weighted by Gasteiger charge is 2.21. The van der Waals surface area contributed by atoms with Gasteiger partial charge in [-0.15, -0.1) is 0 Å². The number of aromatic nitrogens is 1. The second-order valence-electron chi connectivity index (χ2n) is 6.61. The Morgan fingerprint density at radius 2 is 2.00 bits per heavy atom. The molecular weight excluding hydrogens is 415 g/mol. The van der Waals surface area contributed by atoms with Gasteiger partial charge in [-0.2, -0.15) is 0 Å². The van der Waals surface area contributed by atoms with E-state index >= 15 is 0 Å². The number of amides is 1. The smallest absolute Gasteiger partial charge is 0.258 e. The molecule has 1 aliphatic heterocycles. The maximum absolute atomic E-state index is 12.3. The highest BCUT2D eigenvalue weighted by Crippen LogP contribution is 2.37. The summed E-state index contributed by atoms with van der Waals surface area (Å²) in [5, 5.41) is 4.27. The van der Waals surface area contributed by atoms with E-state index in [1.165, 1.54) is 0 Å². The van der Waals surface area contributed by atoms with Crippen molar-refractivity contribution in [2.75, 3.05) is 19.8 Å². The summed E-state index contributed by atoms with van der Waals surface area (Å²) in [6.45, 7) is 2.29. The van der Waals surface area contributed by atoms with Crippen LogP contribution in [0.3, 0.4) is 0 Å². The lowest BCUT2D eigenvalue weighted by Gasteiger charge is -2.26. The summed E-state index contributed by atoms with van der Waals surface area (Å²) in [5.74, 6) is 1.39. The zero-order valence-corrected chi connectivity index (χ0v) is 17.1. The second-order valence-corrected chi connectivity index (χ2v) is 7.42. The van der Waals surface area contributed by atoms with Crippen molar-refractivity contribution in [2.24, 2.45) is 0 Å². The molecule has 4 rings (SSSR count). The molecule has 1 aliphatic rings. The Balaban J connectivity index is 1.37. The van der Waals surface area contributed by atoms with E-state index in [1.807, 2.05) is 43.3 Å². The van der Waals surface area contributed by atoms with Crippen LogP contribution in [0.5, 0.6) is 17.2 Å². The third-order valence-electron chi connectivity index (χ3n) is 4.42. The van der Waals surface area contributed by atoms with Gasteiger partial charge in [0.25, 0.3) is 5.91 Å². The Labute approximate surface area is 177 Å². The van der Waals surface area contributed by atoms with E-state index in [4.69, 9.17) is 37.4 Å². The van der Waals surface area contributed by atoms with Gasteiger partial charge in [-0.05, 0) is 37.3 Å². The Kier molecular flexibility index (Phi) is 5.65. The van der Waals surface area contributed by atoms with E-state index in [9.17, 15) is 4.79 Å². The van der Waals surface area contributed by atoms with E-state index in [0.29, 0.717) is 51.3 Å². The molecule has 1 N–H and O–H groups in total. The van der Waals surface area contributed by atoms with Gasteiger partial charge in [0, 0.05) is 11.1 Å². The standard InChI is InChI=1S/C21H18Cl2N2O4/c1-12-6-7-14-15(22)8-16(23)21(20(14)25-12)28-11-19(26)24-9-13-10-27-17-4-2-3-5-18(17)29-13/h2-8,13H,9-11H2,1H3,(H,24,26)/t13-/m1/s1. The number of halogens is 2. The number of rotatable bonds is 5. The molecule has 0 fully saturated rings. The first-order valence-electron chi connectivity index (χ1n) is 9.04. The first-order chi connectivity index (χ1) is 14.0. The van der Waals surface area contributed by atoms with Crippen molar-refractivity contribution in [3.05, 3.63) is 58.2 Å². The Hall–Kier alpha value is -2.70. The number of nitrogens with one attached hydrogen (secondary N) is 1. The van der Waals surface area contributed by atoms with Gasteiger partial charge >= 0.3 is 0 Å². The Morgan fingerprint density at radius 3 is 2.83 bits per heavy atom. The van der Waals surface area contributed by atoms with Crippen LogP contribution in [0.4, 0.5) is 0 Å². The predicted molar refractivity (Wildman–Crippen MR) is 111 cm³/mol. The normalized spacial score (nSPS) is 15.2. The number of hydrogen-bond acceptors (Lipinski definition) is 5. The van der Waals surface area contributed by atoms with Gasteiger partial charge in [0.05, 0.1) is 16.6 Å². The van der Waals surface area contributed by atoms with Crippen molar-refractivity contribution < 1.29 is 19.0 Å². The first kappa shape index (κ1) is 19.6. The molecule has 2 aromatic carbocycles. The largest absolute Gasteiger partial charge is 0.486 e. The summed E-state index contributed by atoms with van der Waals surface area (Å²) < 4.78 is 17.1. The van der Waals surface area contributed by atoms with E-state index in [1.54, 1.807) is 6.07 Å². The highest BCUT2D eigenvalue weighted by molar-refractivity contribution is 6.39. The minimum absolute atomic E-state index is 0.212. The van der Waals surface area contributed by atoms with Crippen LogP contribution in [0, 0.1) is 6.92 Å². The van der Waals surface area contributed by atoms with Gasteiger partial charge < -0.3 is 19.5 Å². The zero-order valence-electron chi connectivity index (χ0n) is 15.6. The number of carbonyl (C=O) groups excluding carboxylic acids is 1. The summed E-state index contributed by atoms with van der Waals surface area (Å²) in [6.07, 6.45) is -0.280. The molecular formula is C21H18Cl2N2O4. The Bertz CT molecular complexity index is 1070. The number of para-hydroxylation sites is 2. The minimum atomic E-state index is -0.306. The van der Waals surface area contributed by atoms with Gasteiger partial charge in [0.1, 0.15) is 18.2 Å². The molecule has 29 heavy (non-hydrogen) atoms. The number of hydrogen-bond donors (Lipinski definition) is 1. The van der Waals surface area contributed by atoms with Crippen molar-refractivity contribution >= 4 is 40.0 Å². The molecule has 6 nitrogen and oxygen atoms in total. The fourth-order valence-electron chi connectivity index (χ4n) is 3.01. The van der Waals surface area contributed by atoms with Crippen LogP contribution in [0.15, 0.2) is 42.5 Å². The maximum atomic E-state index is 12.3. The molecule has 8 heteroatoms. The van der Waals surface area contributed by atoms with Crippen molar-refractivity contribution in [1.82, 2.24) is 10.3 Å². The number of benzene rings is 2. The molecule has 3 aromatic rings. The third kappa shape index (κ3) is 4.33. The number of pyridine rings is 1. The molecule has 0 spiro atoms. The number of nitrogens with zero attached hydrogens (tertiary/aromatic N) is 1. The van der Waals surface area contributed by atoms with Gasteiger partial charge in [-0.25, -0.2) is 4.98 Å². The van der Waals surface area contributed by atoms with Crippen LogP contribution < -0.4 is 19.5 Å². The van der Waals surface area contributed by atoms with Crippen LogP contribution in [0.25, 0.3) is 10.9 Å². The lowest BCUT2D eigenvalue weighted by atomic mass is 10.2. The number of carbonyl (C=O) groups is 1. The molecule has 0 aliphatic carbocycles. The second kappa shape index (κ2) is 8.35. The first-order valence-corrected chi connectivity index (χ1v) is 9.80. The summed E-state index contributed by atoms with van der Waals surface area (Å²) in [7, 11) is 0. The van der Waals surface area contributed by atoms with Gasteiger partial charge in [0.15, 0.2) is 23.9 Å². The van der Waals surface area contributed by atoms with Crippen LogP contribution in [0.1, 0.15) is 5.69 Å². The predicted octanol–water partition coefficient (Wildman–Crippen LogP) is 4.19. The topological polar surface area (TPSA) is 69.7 Å². The molecule has 0 unspecified atom stereocenters. The van der Waals surface area contributed by atoms with Crippen LogP contribution >= 0.6 is 23.2 Å². The molecule has 0 radical (unpaired) electrons. The van der Waals surface area contributed by atoms with E-state index in [-0.39, 0.29) is 18.6 Å². The van der Waals surface area contributed by atoms with Crippen molar-refractivity contribution in [2.45, 2.75) is 13.0 Å². The molecule has 0 bridgehead atoms. The monoisotopic (exact) mass is 432 g/mol. The zero-order chi connectivity index (χ0) is 20.4. The number of aryl methyl sites for hydroxylation is 1. The van der Waals surface area contributed by atoms with Crippen LogP contribution in [-0.2, 0) is 4.79 Å². The average Bonchev–Trinajstić information content (AvgIpc) is 2.71. The summed E-state index contributed by atoms with van der Waals surface area (Å²) in [4.78, 5) is 16.7. The fourth-order valence-corrected chi connectivity index (χ4v) is 3.58. The molecule has 1 amide bonds. The van der Waals surface area contributed by atoms with Gasteiger partial charge in [0.2, 0.25) is 0 Å². The highest BCUT2D eigenvalue weighted by atomic mass is 35.5. The van der Waals surface area contributed by atoms with Crippen molar-refractivity contribution in [1.29, 1.82) is 0 Å². The van der Waals surface area contributed by atoms with Crippen LogP contribution in [0.2, 0.25) is 10.0 Å². The van der Waals surface area contributed by atoms with Crippen molar-refractivity contribution in [3.63, 3.8) is 0 Å². The van der Waals surface area contributed by atoms with E-state index in [2.05, 4.69) is 10.3 Å². The summed E-state index contributed by atoms with van der Waals surface area (Å²) in [6, 6.07) is 12.7. The maximum Gasteiger partial charge on any atom is 0.258 e. The fraction of sp³-hybridized carbons (Fsp3) is 0.238. The lowest BCUT2D eigenvalue weighted by molar-refractivity contribution is -0.123. The van der Waals surface area contributed by atoms with Crippen molar-refractivity contribution in [3.8, 4) is 17.2 Å². The molecule has 2 heterocycles. The lowest BCUT2D eigenvalue weighted by Crippen LogP contribution is -2.42.